The largest absolute Gasteiger partial charge is 0.327 e. The van der Waals surface area contributed by atoms with Gasteiger partial charge in [-0.05, 0) is 18.4 Å². The second-order valence-electron chi connectivity index (χ2n) is 5.14. The SMILES string of the molecule is Cc1ccc([N+](=O)[O-])c(C2C(N)C2(C)C)c1. The first-order chi connectivity index (χ1) is 7.35. The molecule has 4 nitrogen and oxygen atoms in total. The van der Waals surface area contributed by atoms with Crippen molar-refractivity contribution in [3.05, 3.63) is 39.4 Å². The first kappa shape index (κ1) is 11.1. The molecule has 1 saturated carbocycles. The van der Waals surface area contributed by atoms with Crippen LogP contribution >= 0.6 is 0 Å². The number of benzene rings is 1. The second-order valence-corrected chi connectivity index (χ2v) is 5.14. The van der Waals surface area contributed by atoms with Gasteiger partial charge in [0.05, 0.1) is 4.92 Å². The fourth-order valence-corrected chi connectivity index (χ4v) is 2.36. The summed E-state index contributed by atoms with van der Waals surface area (Å²) < 4.78 is 0. The Morgan fingerprint density at radius 2 is 2.00 bits per heavy atom. The van der Waals surface area contributed by atoms with Crippen LogP contribution in [0.4, 0.5) is 5.69 Å². The van der Waals surface area contributed by atoms with Crippen LogP contribution in [0.15, 0.2) is 18.2 Å². The summed E-state index contributed by atoms with van der Waals surface area (Å²) in [6.07, 6.45) is 0. The Kier molecular flexibility index (Phi) is 2.27. The number of nitro benzene ring substituents is 1. The van der Waals surface area contributed by atoms with Gasteiger partial charge >= 0.3 is 0 Å². The number of aryl methyl sites for hydroxylation is 1. The highest BCUT2D eigenvalue weighted by molar-refractivity contribution is 5.50. The van der Waals surface area contributed by atoms with E-state index < -0.39 is 0 Å². The molecule has 0 saturated heterocycles. The van der Waals surface area contributed by atoms with Gasteiger partial charge in [-0.1, -0.05) is 25.5 Å². The first-order valence-electron chi connectivity index (χ1n) is 5.36. The lowest BCUT2D eigenvalue weighted by molar-refractivity contribution is -0.385. The number of rotatable bonds is 2. The number of nitrogens with two attached hydrogens (primary N) is 1. The molecule has 1 aromatic carbocycles. The zero-order valence-electron chi connectivity index (χ0n) is 9.73. The lowest BCUT2D eigenvalue weighted by Gasteiger charge is -2.05. The molecule has 1 fully saturated rings. The van der Waals surface area contributed by atoms with Crippen molar-refractivity contribution in [2.75, 3.05) is 0 Å². The standard InChI is InChI=1S/C12H16N2O2/c1-7-4-5-9(14(15)16)8(6-7)10-11(13)12(10,2)3/h4-6,10-11H,13H2,1-3H3. The van der Waals surface area contributed by atoms with Crippen molar-refractivity contribution < 1.29 is 4.92 Å². The van der Waals surface area contributed by atoms with Gasteiger partial charge in [0.25, 0.3) is 5.69 Å². The summed E-state index contributed by atoms with van der Waals surface area (Å²) in [5.41, 5.74) is 7.95. The highest BCUT2D eigenvalue weighted by atomic mass is 16.6. The molecule has 2 atom stereocenters. The van der Waals surface area contributed by atoms with Crippen molar-refractivity contribution in [3.63, 3.8) is 0 Å². The van der Waals surface area contributed by atoms with Gasteiger partial charge in [0.15, 0.2) is 0 Å². The second kappa shape index (κ2) is 3.28. The van der Waals surface area contributed by atoms with E-state index in [2.05, 4.69) is 0 Å². The predicted octanol–water partition coefficient (Wildman–Crippen LogP) is 2.35. The average Bonchev–Trinajstić information content (AvgIpc) is 2.65. The Bertz CT molecular complexity index is 454. The predicted molar refractivity (Wildman–Crippen MR) is 62.3 cm³/mol. The Labute approximate surface area is 94.6 Å². The molecule has 2 unspecified atom stereocenters. The normalized spacial score (nSPS) is 26.5. The van der Waals surface area contributed by atoms with Crippen LogP contribution in [0, 0.1) is 22.5 Å². The van der Waals surface area contributed by atoms with Crippen LogP contribution in [0.1, 0.15) is 30.9 Å². The van der Waals surface area contributed by atoms with Crippen molar-refractivity contribution in [1.82, 2.24) is 0 Å². The third-order valence-corrected chi connectivity index (χ3v) is 3.63. The lowest BCUT2D eigenvalue weighted by atomic mass is 10.00. The van der Waals surface area contributed by atoms with Gasteiger partial charge in [0, 0.05) is 23.6 Å². The smallest absolute Gasteiger partial charge is 0.272 e. The minimum atomic E-state index is -0.324. The molecule has 2 N–H and O–H groups in total. The van der Waals surface area contributed by atoms with Crippen LogP contribution in [0.25, 0.3) is 0 Å². The van der Waals surface area contributed by atoms with Crippen molar-refractivity contribution in [2.45, 2.75) is 32.7 Å². The number of nitrogens with zero attached hydrogens (tertiary/aromatic N) is 1. The van der Waals surface area contributed by atoms with E-state index in [9.17, 15) is 10.1 Å². The van der Waals surface area contributed by atoms with E-state index in [1.54, 1.807) is 12.1 Å². The van der Waals surface area contributed by atoms with E-state index in [1.807, 2.05) is 26.8 Å². The van der Waals surface area contributed by atoms with Crippen LogP contribution in [0.2, 0.25) is 0 Å². The van der Waals surface area contributed by atoms with Gasteiger partial charge in [-0.3, -0.25) is 10.1 Å². The topological polar surface area (TPSA) is 69.2 Å². The molecule has 0 amide bonds. The van der Waals surface area contributed by atoms with Gasteiger partial charge < -0.3 is 5.73 Å². The van der Waals surface area contributed by atoms with Crippen LogP contribution in [0.5, 0.6) is 0 Å². The van der Waals surface area contributed by atoms with Crippen molar-refractivity contribution >= 4 is 5.69 Å². The zero-order valence-corrected chi connectivity index (χ0v) is 9.73. The molecule has 0 bridgehead atoms. The van der Waals surface area contributed by atoms with Crippen molar-refractivity contribution in [1.29, 1.82) is 0 Å². The maximum absolute atomic E-state index is 10.9. The van der Waals surface area contributed by atoms with E-state index in [-0.39, 0.29) is 28.0 Å². The minimum Gasteiger partial charge on any atom is -0.327 e. The molecule has 1 aromatic rings. The molecular formula is C12H16N2O2. The first-order valence-corrected chi connectivity index (χ1v) is 5.36. The Balaban J connectivity index is 2.48. The molecule has 0 spiro atoms. The summed E-state index contributed by atoms with van der Waals surface area (Å²) >= 11 is 0. The fraction of sp³-hybridized carbons (Fsp3) is 0.500. The van der Waals surface area contributed by atoms with Gasteiger partial charge in [-0.2, -0.15) is 0 Å². The summed E-state index contributed by atoms with van der Waals surface area (Å²) in [6, 6.07) is 5.25. The molecule has 16 heavy (non-hydrogen) atoms. The van der Waals surface area contributed by atoms with Gasteiger partial charge in [-0.15, -0.1) is 0 Å². The summed E-state index contributed by atoms with van der Waals surface area (Å²) in [5.74, 6) is 0.104. The lowest BCUT2D eigenvalue weighted by Crippen LogP contribution is -2.06. The van der Waals surface area contributed by atoms with E-state index in [4.69, 9.17) is 5.73 Å². The van der Waals surface area contributed by atoms with Crippen LogP contribution < -0.4 is 5.73 Å². The van der Waals surface area contributed by atoms with Crippen LogP contribution in [0.3, 0.4) is 0 Å². The molecule has 4 heteroatoms. The maximum Gasteiger partial charge on any atom is 0.272 e. The van der Waals surface area contributed by atoms with Gasteiger partial charge in [0.1, 0.15) is 0 Å². The number of hydrogen-bond acceptors (Lipinski definition) is 3. The van der Waals surface area contributed by atoms with Crippen LogP contribution in [-0.2, 0) is 0 Å². The highest BCUT2D eigenvalue weighted by Crippen LogP contribution is 2.59. The molecule has 1 aliphatic rings. The average molecular weight is 220 g/mol. The monoisotopic (exact) mass is 220 g/mol. The Morgan fingerprint density at radius 3 is 2.44 bits per heavy atom. The van der Waals surface area contributed by atoms with Crippen LogP contribution in [-0.4, -0.2) is 11.0 Å². The van der Waals surface area contributed by atoms with E-state index in [0.717, 1.165) is 11.1 Å². The van der Waals surface area contributed by atoms with Gasteiger partial charge in [0.2, 0.25) is 0 Å². The molecule has 0 aromatic heterocycles. The maximum atomic E-state index is 10.9. The quantitative estimate of drug-likeness (QED) is 0.614. The van der Waals surface area contributed by atoms with E-state index in [1.165, 1.54) is 0 Å². The summed E-state index contributed by atoms with van der Waals surface area (Å²) in [4.78, 5) is 10.6. The fourth-order valence-electron chi connectivity index (χ4n) is 2.36. The third kappa shape index (κ3) is 1.50. The molecule has 0 radical (unpaired) electrons. The molecule has 1 aliphatic carbocycles. The zero-order chi connectivity index (χ0) is 12.1. The summed E-state index contributed by atoms with van der Waals surface area (Å²) in [6.45, 7) is 6.04. The number of nitro groups is 1. The molecule has 2 rings (SSSR count). The Morgan fingerprint density at radius 1 is 1.44 bits per heavy atom. The third-order valence-electron chi connectivity index (χ3n) is 3.63. The summed E-state index contributed by atoms with van der Waals surface area (Å²) in [7, 11) is 0. The van der Waals surface area contributed by atoms with E-state index >= 15 is 0 Å². The van der Waals surface area contributed by atoms with Gasteiger partial charge in [-0.25, -0.2) is 0 Å². The Hall–Kier alpha value is -1.42. The van der Waals surface area contributed by atoms with Crippen molar-refractivity contribution in [2.24, 2.45) is 11.1 Å². The highest BCUT2D eigenvalue weighted by Gasteiger charge is 2.58. The molecule has 0 heterocycles. The van der Waals surface area contributed by atoms with Crippen molar-refractivity contribution in [3.8, 4) is 0 Å². The molecular weight excluding hydrogens is 204 g/mol. The summed E-state index contributed by atoms with van der Waals surface area (Å²) in [5, 5.41) is 10.9. The molecule has 0 aliphatic heterocycles. The number of hydrogen-bond donors (Lipinski definition) is 1. The van der Waals surface area contributed by atoms with E-state index in [0.29, 0.717) is 0 Å². The minimum absolute atomic E-state index is 0.0213. The molecule has 86 valence electrons.